The largest absolute Gasteiger partial charge is 0.418 e. The summed E-state index contributed by atoms with van der Waals surface area (Å²) in [6.07, 6.45) is -5.05. The van der Waals surface area contributed by atoms with E-state index in [1.807, 2.05) is 6.92 Å². The van der Waals surface area contributed by atoms with E-state index in [1.54, 1.807) is 0 Å². The van der Waals surface area contributed by atoms with Crippen molar-refractivity contribution in [3.63, 3.8) is 0 Å². The van der Waals surface area contributed by atoms with Crippen LogP contribution in [0.4, 0.5) is 32.0 Å². The van der Waals surface area contributed by atoms with Crippen LogP contribution in [0.15, 0.2) is 41.6 Å². The number of piperidine rings is 1. The van der Waals surface area contributed by atoms with Gasteiger partial charge >= 0.3 is 12.4 Å². The molecular formula is C32H35F6N5O4S. The number of alkyl halides is 6. The summed E-state index contributed by atoms with van der Waals surface area (Å²) in [4.78, 5) is 19.7. The van der Waals surface area contributed by atoms with Crippen LogP contribution < -0.4 is 10.6 Å². The van der Waals surface area contributed by atoms with E-state index < -0.39 is 50.8 Å². The lowest BCUT2D eigenvalue weighted by molar-refractivity contribution is -0.140. The van der Waals surface area contributed by atoms with Gasteiger partial charge < -0.3 is 19.9 Å². The molecular weight excluding hydrogens is 664 g/mol. The number of rotatable bonds is 7. The Hall–Kier alpha value is -3.81. The number of likely N-dealkylation sites (tertiary alicyclic amines) is 1. The van der Waals surface area contributed by atoms with Crippen molar-refractivity contribution in [3.8, 4) is 11.8 Å². The Morgan fingerprint density at radius 2 is 1.81 bits per heavy atom. The van der Waals surface area contributed by atoms with Crippen LogP contribution in [-0.2, 0) is 27.3 Å². The van der Waals surface area contributed by atoms with Gasteiger partial charge in [-0.3, -0.25) is 9.69 Å². The van der Waals surface area contributed by atoms with Crippen molar-refractivity contribution in [2.24, 2.45) is 5.92 Å². The number of aromatic nitrogens is 2. The summed E-state index contributed by atoms with van der Waals surface area (Å²) in [5, 5.41) is 5.56. The lowest BCUT2D eigenvalue weighted by Gasteiger charge is -2.42. The Kier molecular flexibility index (Phi) is 10.3. The van der Waals surface area contributed by atoms with Gasteiger partial charge in [-0.25, -0.2) is 13.4 Å². The molecule has 2 aromatic carbocycles. The molecule has 0 radical (unpaired) electrons. The van der Waals surface area contributed by atoms with Crippen molar-refractivity contribution in [3.05, 3.63) is 53.3 Å². The number of sulfone groups is 1. The third-order valence-electron chi connectivity index (χ3n) is 8.60. The minimum atomic E-state index is -4.86. The highest BCUT2D eigenvalue weighted by atomic mass is 32.2. The zero-order valence-corrected chi connectivity index (χ0v) is 27.0. The molecule has 3 aromatic rings. The molecule has 16 heteroatoms. The fourth-order valence-electron chi connectivity index (χ4n) is 6.18. The van der Waals surface area contributed by atoms with Gasteiger partial charge in [0.05, 0.1) is 34.4 Å². The molecule has 0 unspecified atom stereocenters. The number of nitrogens with zero attached hydrogens (tertiary/aromatic N) is 3. The van der Waals surface area contributed by atoms with Crippen molar-refractivity contribution in [2.75, 3.05) is 44.4 Å². The van der Waals surface area contributed by atoms with Gasteiger partial charge in [-0.05, 0) is 55.5 Å². The van der Waals surface area contributed by atoms with E-state index in [4.69, 9.17) is 4.74 Å². The molecule has 0 aliphatic carbocycles. The zero-order valence-electron chi connectivity index (χ0n) is 26.2. The molecule has 2 aliphatic heterocycles. The molecule has 0 saturated carbocycles. The smallest absolute Gasteiger partial charge is 0.381 e. The average Bonchev–Trinajstić information content (AvgIpc) is 3.40. The third kappa shape index (κ3) is 8.61. The Morgan fingerprint density at radius 1 is 1.08 bits per heavy atom. The number of ether oxygens (including phenoxy) is 1. The molecule has 2 atom stereocenters. The number of benzene rings is 2. The monoisotopic (exact) mass is 699 g/mol. The first-order valence-electron chi connectivity index (χ1n) is 15.3. The molecule has 1 amide bonds. The molecule has 3 heterocycles. The van der Waals surface area contributed by atoms with E-state index in [9.17, 15) is 39.6 Å². The van der Waals surface area contributed by atoms with Crippen LogP contribution in [0, 0.1) is 17.8 Å². The predicted octanol–water partition coefficient (Wildman–Crippen LogP) is 5.10. The van der Waals surface area contributed by atoms with Crippen molar-refractivity contribution in [2.45, 2.75) is 62.1 Å². The number of fused-ring (bicyclic) bond motifs is 1. The van der Waals surface area contributed by atoms with Crippen molar-refractivity contribution in [1.82, 2.24) is 19.8 Å². The molecule has 2 fully saturated rings. The molecule has 48 heavy (non-hydrogen) atoms. The minimum absolute atomic E-state index is 0.0235. The van der Waals surface area contributed by atoms with E-state index in [-0.39, 0.29) is 40.7 Å². The number of amides is 1. The molecule has 2 N–H and O–H groups in total. The number of imidazole rings is 1. The van der Waals surface area contributed by atoms with Crippen LogP contribution in [-0.4, -0.2) is 86.1 Å². The Labute approximate surface area is 273 Å². The highest BCUT2D eigenvalue weighted by Crippen LogP contribution is 2.36. The Morgan fingerprint density at radius 3 is 2.46 bits per heavy atom. The first kappa shape index (κ1) is 35.5. The summed E-state index contributed by atoms with van der Waals surface area (Å²) in [6.45, 7) is 3.35. The van der Waals surface area contributed by atoms with Gasteiger partial charge in [-0.2, -0.15) is 26.3 Å². The summed E-state index contributed by atoms with van der Waals surface area (Å²) >= 11 is 0. The zero-order chi connectivity index (χ0) is 34.9. The lowest BCUT2D eigenvalue weighted by atomic mass is 9.91. The second-order valence-electron chi connectivity index (χ2n) is 12.2. The standard InChI is InChI=1S/C32H35F6N5O4S/c1-20-17-42(22-8-12-47-13-9-22)11-7-26(20)41-30(44)24-14-21(15-28-29(24)40-19-43(28)18-31(33,34)35)4-3-10-39-27-6-5-23(48(2,45)46)16-25(27)32(36,37)38/h5-6,14-16,19-20,22,26,39H,7-13,17-18H2,1-2H3,(H,41,44)/t20-,26-/m0/s1. The maximum atomic E-state index is 13.7. The topological polar surface area (TPSA) is 106 Å². The van der Waals surface area contributed by atoms with Gasteiger partial charge in [0.25, 0.3) is 5.91 Å². The number of nitrogens with one attached hydrogen (secondary N) is 2. The highest BCUT2D eigenvalue weighted by Gasteiger charge is 2.35. The van der Waals surface area contributed by atoms with E-state index in [1.165, 1.54) is 12.1 Å². The summed E-state index contributed by atoms with van der Waals surface area (Å²) < 4.78 is 111. The number of hydrogen-bond donors (Lipinski definition) is 2. The van der Waals surface area contributed by atoms with Gasteiger partial charge in [0.15, 0.2) is 9.84 Å². The molecule has 9 nitrogen and oxygen atoms in total. The minimum Gasteiger partial charge on any atom is -0.381 e. The number of hydrogen-bond acceptors (Lipinski definition) is 7. The van der Waals surface area contributed by atoms with Crippen LogP contribution in [0.25, 0.3) is 11.0 Å². The molecule has 1 aromatic heterocycles. The quantitative estimate of drug-likeness (QED) is 0.261. The maximum absolute atomic E-state index is 13.7. The molecule has 260 valence electrons. The summed E-state index contributed by atoms with van der Waals surface area (Å²) in [5.41, 5.74) is -1.33. The normalized spacial score (nSPS) is 19.9. The summed E-state index contributed by atoms with van der Waals surface area (Å²) in [6, 6.07) is 5.54. The predicted molar refractivity (Wildman–Crippen MR) is 166 cm³/mol. The van der Waals surface area contributed by atoms with Gasteiger partial charge in [0, 0.05) is 55.9 Å². The van der Waals surface area contributed by atoms with Gasteiger partial charge in [0.1, 0.15) is 12.1 Å². The Bertz CT molecular complexity index is 1820. The lowest BCUT2D eigenvalue weighted by Crippen LogP contribution is -2.53. The van der Waals surface area contributed by atoms with Crippen molar-refractivity contribution in [1.29, 1.82) is 0 Å². The highest BCUT2D eigenvalue weighted by molar-refractivity contribution is 7.90. The van der Waals surface area contributed by atoms with E-state index in [0.29, 0.717) is 18.5 Å². The van der Waals surface area contributed by atoms with E-state index in [2.05, 4.69) is 32.4 Å². The van der Waals surface area contributed by atoms with Crippen LogP contribution >= 0.6 is 0 Å². The molecule has 0 spiro atoms. The third-order valence-corrected chi connectivity index (χ3v) is 9.71. The molecule has 0 bridgehead atoms. The SMILES string of the molecule is C[C@H]1CN(C2CCOCC2)CC[C@@H]1NC(=O)c1cc(C#CCNc2ccc(S(C)(=O)=O)cc2C(F)(F)F)cc2c1ncn2CC(F)(F)F. The van der Waals surface area contributed by atoms with Crippen molar-refractivity contribution >= 4 is 32.5 Å². The second-order valence-corrected chi connectivity index (χ2v) is 14.2. The van der Waals surface area contributed by atoms with Crippen LogP contribution in [0.3, 0.4) is 0 Å². The fourth-order valence-corrected chi connectivity index (χ4v) is 6.82. The van der Waals surface area contributed by atoms with Crippen LogP contribution in [0.2, 0.25) is 0 Å². The number of anilines is 1. The maximum Gasteiger partial charge on any atom is 0.418 e. The molecule has 5 rings (SSSR count). The van der Waals surface area contributed by atoms with Crippen LogP contribution in [0.5, 0.6) is 0 Å². The van der Waals surface area contributed by atoms with Crippen LogP contribution in [0.1, 0.15) is 47.7 Å². The van der Waals surface area contributed by atoms with Crippen molar-refractivity contribution < 1.29 is 44.3 Å². The number of carbonyl (C=O) groups is 1. The molecule has 2 aliphatic rings. The fraction of sp³-hybridized carbons (Fsp3) is 0.500. The summed E-state index contributed by atoms with van der Waals surface area (Å²) in [5.74, 6) is 4.95. The van der Waals surface area contributed by atoms with E-state index >= 15 is 0 Å². The molecule has 2 saturated heterocycles. The van der Waals surface area contributed by atoms with Gasteiger partial charge in [-0.1, -0.05) is 18.8 Å². The van der Waals surface area contributed by atoms with E-state index in [0.717, 1.165) is 68.4 Å². The number of halogens is 6. The number of carbonyl (C=O) groups excluding carboxylic acids is 1. The summed E-state index contributed by atoms with van der Waals surface area (Å²) in [7, 11) is -3.90. The van der Waals surface area contributed by atoms with Gasteiger partial charge in [0.2, 0.25) is 0 Å². The average molecular weight is 700 g/mol. The first-order chi connectivity index (χ1) is 22.5. The Balaban J connectivity index is 1.37. The van der Waals surface area contributed by atoms with Gasteiger partial charge in [-0.15, -0.1) is 0 Å². The first-order valence-corrected chi connectivity index (χ1v) is 17.2. The second kappa shape index (κ2) is 14.0.